The van der Waals surface area contributed by atoms with Crippen molar-refractivity contribution in [1.29, 1.82) is 0 Å². The monoisotopic (exact) mass is 330 g/mol. The second kappa shape index (κ2) is 7.59. The molecule has 1 aliphatic rings. The van der Waals surface area contributed by atoms with Gasteiger partial charge in [-0.05, 0) is 30.5 Å². The van der Waals surface area contributed by atoms with E-state index < -0.39 is 6.10 Å². The summed E-state index contributed by atoms with van der Waals surface area (Å²) in [7, 11) is 0. The molecule has 0 bridgehead atoms. The van der Waals surface area contributed by atoms with E-state index in [1.165, 1.54) is 0 Å². The molecule has 0 radical (unpaired) electrons. The molecule has 1 aromatic carbocycles. The summed E-state index contributed by atoms with van der Waals surface area (Å²) in [5.74, 6) is -0.0517. The molecule has 0 saturated carbocycles. The topological polar surface area (TPSA) is 35.5 Å². The summed E-state index contributed by atoms with van der Waals surface area (Å²) in [6, 6.07) is 5.22. The highest BCUT2D eigenvalue weighted by molar-refractivity contribution is 6.42. The SMILES string of the molecule is CC(C)C(=O)C(OC1CCOCC1)c1ccc(Cl)c(Cl)c1. The third-order valence-electron chi connectivity index (χ3n) is 3.57. The van der Waals surface area contributed by atoms with Gasteiger partial charge in [-0.2, -0.15) is 0 Å². The Hall–Kier alpha value is -0.610. The highest BCUT2D eigenvalue weighted by Gasteiger charge is 2.28. The lowest BCUT2D eigenvalue weighted by atomic mass is 9.97. The lowest BCUT2D eigenvalue weighted by Gasteiger charge is -2.28. The van der Waals surface area contributed by atoms with Gasteiger partial charge in [0.05, 0.1) is 16.1 Å². The van der Waals surface area contributed by atoms with Gasteiger partial charge < -0.3 is 9.47 Å². The number of carbonyl (C=O) groups excluding carboxylic acids is 1. The average molecular weight is 331 g/mol. The predicted molar refractivity (Wildman–Crippen MR) is 84.0 cm³/mol. The maximum Gasteiger partial charge on any atom is 0.168 e. The fourth-order valence-electron chi connectivity index (χ4n) is 2.29. The standard InChI is InChI=1S/C16H20Cl2O3/c1-10(2)15(19)16(21-12-5-7-20-8-6-12)11-3-4-13(17)14(18)9-11/h3-4,9-10,12,16H,5-8H2,1-2H3. The third-order valence-corrected chi connectivity index (χ3v) is 4.31. The van der Waals surface area contributed by atoms with Crippen LogP contribution in [0, 0.1) is 5.92 Å². The maximum atomic E-state index is 12.5. The molecule has 1 aromatic rings. The summed E-state index contributed by atoms with van der Waals surface area (Å²) in [5, 5.41) is 0.911. The third kappa shape index (κ3) is 4.43. The van der Waals surface area contributed by atoms with Crippen molar-refractivity contribution in [3.05, 3.63) is 33.8 Å². The fraction of sp³-hybridized carbons (Fsp3) is 0.562. The molecule has 21 heavy (non-hydrogen) atoms. The molecular formula is C16H20Cl2O3. The number of carbonyl (C=O) groups is 1. The first-order valence-corrected chi connectivity index (χ1v) is 7.96. The Balaban J connectivity index is 2.22. The molecule has 1 aliphatic heterocycles. The van der Waals surface area contributed by atoms with Gasteiger partial charge in [0.25, 0.3) is 0 Å². The smallest absolute Gasteiger partial charge is 0.168 e. The number of halogens is 2. The van der Waals surface area contributed by atoms with Crippen molar-refractivity contribution in [3.63, 3.8) is 0 Å². The van der Waals surface area contributed by atoms with Gasteiger partial charge >= 0.3 is 0 Å². The summed E-state index contributed by atoms with van der Waals surface area (Å²) < 4.78 is 11.4. The van der Waals surface area contributed by atoms with Gasteiger partial charge in [0.1, 0.15) is 6.10 Å². The normalized spacial score (nSPS) is 18.0. The Labute approximate surface area is 135 Å². The Bertz CT molecular complexity index is 496. The number of hydrogen-bond acceptors (Lipinski definition) is 3. The van der Waals surface area contributed by atoms with E-state index in [1.807, 2.05) is 13.8 Å². The van der Waals surface area contributed by atoms with Crippen LogP contribution in [0.3, 0.4) is 0 Å². The molecule has 1 fully saturated rings. The van der Waals surface area contributed by atoms with Crippen LogP contribution in [-0.4, -0.2) is 25.1 Å². The quantitative estimate of drug-likeness (QED) is 0.799. The van der Waals surface area contributed by atoms with Crippen LogP contribution in [0.25, 0.3) is 0 Å². The van der Waals surface area contributed by atoms with E-state index in [1.54, 1.807) is 18.2 Å². The summed E-state index contributed by atoms with van der Waals surface area (Å²) in [6.45, 7) is 5.10. The first-order valence-electron chi connectivity index (χ1n) is 7.21. The van der Waals surface area contributed by atoms with Crippen LogP contribution in [0.15, 0.2) is 18.2 Å². The van der Waals surface area contributed by atoms with E-state index in [2.05, 4.69) is 0 Å². The van der Waals surface area contributed by atoms with Crippen molar-refractivity contribution in [2.45, 2.75) is 38.9 Å². The minimum Gasteiger partial charge on any atom is -0.381 e. The van der Waals surface area contributed by atoms with Crippen LogP contribution in [0.5, 0.6) is 0 Å². The van der Waals surface area contributed by atoms with Crippen molar-refractivity contribution in [3.8, 4) is 0 Å². The van der Waals surface area contributed by atoms with Crippen LogP contribution >= 0.6 is 23.2 Å². The van der Waals surface area contributed by atoms with Gasteiger partial charge in [-0.15, -0.1) is 0 Å². The molecule has 0 spiro atoms. The lowest BCUT2D eigenvalue weighted by molar-refractivity contribution is -0.142. The first-order chi connectivity index (χ1) is 9.99. The van der Waals surface area contributed by atoms with Crippen molar-refractivity contribution < 1.29 is 14.3 Å². The summed E-state index contributed by atoms with van der Waals surface area (Å²) in [6.07, 6.45) is 1.07. The van der Waals surface area contributed by atoms with E-state index in [9.17, 15) is 4.79 Å². The van der Waals surface area contributed by atoms with Gasteiger partial charge in [-0.3, -0.25) is 4.79 Å². The highest BCUT2D eigenvalue weighted by atomic mass is 35.5. The molecule has 5 heteroatoms. The molecule has 1 unspecified atom stereocenters. The molecule has 2 rings (SSSR count). The number of Topliss-reactive ketones (excluding diaryl/α,β-unsaturated/α-hetero) is 1. The Morgan fingerprint density at radius 2 is 1.90 bits per heavy atom. The minimum absolute atomic E-state index is 0.0425. The highest BCUT2D eigenvalue weighted by Crippen LogP contribution is 2.31. The molecule has 1 atom stereocenters. The molecule has 0 aliphatic carbocycles. The Kier molecular flexibility index (Phi) is 6.06. The van der Waals surface area contributed by atoms with Crippen LogP contribution in [-0.2, 0) is 14.3 Å². The Morgan fingerprint density at radius 3 is 2.48 bits per heavy atom. The molecule has 0 aromatic heterocycles. The van der Waals surface area contributed by atoms with Crippen molar-refractivity contribution >= 4 is 29.0 Å². The Morgan fingerprint density at radius 1 is 1.24 bits per heavy atom. The van der Waals surface area contributed by atoms with E-state index in [0.29, 0.717) is 23.3 Å². The van der Waals surface area contributed by atoms with Crippen LogP contribution < -0.4 is 0 Å². The lowest BCUT2D eigenvalue weighted by Crippen LogP contribution is -2.30. The van der Waals surface area contributed by atoms with Gasteiger partial charge in [-0.25, -0.2) is 0 Å². The van der Waals surface area contributed by atoms with Crippen molar-refractivity contribution in [2.75, 3.05) is 13.2 Å². The maximum absolute atomic E-state index is 12.5. The largest absolute Gasteiger partial charge is 0.381 e. The zero-order valence-corrected chi connectivity index (χ0v) is 13.8. The number of ether oxygens (including phenoxy) is 2. The van der Waals surface area contributed by atoms with Crippen LogP contribution in [0.1, 0.15) is 38.4 Å². The summed E-state index contributed by atoms with van der Waals surface area (Å²) in [4.78, 5) is 12.5. The molecule has 1 saturated heterocycles. The number of hydrogen-bond donors (Lipinski definition) is 0. The molecular weight excluding hydrogens is 311 g/mol. The number of rotatable bonds is 5. The van der Waals surface area contributed by atoms with Crippen molar-refractivity contribution in [1.82, 2.24) is 0 Å². The number of benzene rings is 1. The number of ketones is 1. The first kappa shape index (κ1) is 16.8. The molecule has 0 amide bonds. The van der Waals surface area contributed by atoms with Gasteiger partial charge in [0.2, 0.25) is 0 Å². The van der Waals surface area contributed by atoms with Gasteiger partial charge in [0, 0.05) is 19.1 Å². The van der Waals surface area contributed by atoms with E-state index in [0.717, 1.165) is 18.4 Å². The second-order valence-electron chi connectivity index (χ2n) is 5.56. The van der Waals surface area contributed by atoms with E-state index in [4.69, 9.17) is 32.7 Å². The molecule has 3 nitrogen and oxygen atoms in total. The average Bonchev–Trinajstić information content (AvgIpc) is 2.48. The zero-order valence-electron chi connectivity index (χ0n) is 12.3. The molecule has 1 heterocycles. The minimum atomic E-state index is -0.595. The van der Waals surface area contributed by atoms with Crippen molar-refractivity contribution in [2.24, 2.45) is 5.92 Å². The van der Waals surface area contributed by atoms with Crippen LogP contribution in [0.4, 0.5) is 0 Å². The summed E-state index contributed by atoms with van der Waals surface area (Å²) in [5.41, 5.74) is 0.759. The fourth-order valence-corrected chi connectivity index (χ4v) is 2.60. The second-order valence-corrected chi connectivity index (χ2v) is 6.37. The molecule has 116 valence electrons. The van der Waals surface area contributed by atoms with Crippen LogP contribution in [0.2, 0.25) is 10.0 Å². The molecule has 0 N–H and O–H groups in total. The van der Waals surface area contributed by atoms with Gasteiger partial charge in [0.15, 0.2) is 5.78 Å². The summed E-state index contributed by atoms with van der Waals surface area (Å²) >= 11 is 12.0. The zero-order chi connectivity index (χ0) is 15.4. The van der Waals surface area contributed by atoms with E-state index >= 15 is 0 Å². The van der Waals surface area contributed by atoms with E-state index in [-0.39, 0.29) is 17.8 Å². The predicted octanol–water partition coefficient (Wildman–Crippen LogP) is 4.46. The van der Waals surface area contributed by atoms with Gasteiger partial charge in [-0.1, -0.05) is 43.1 Å².